The Kier molecular flexibility index (Phi) is 9.72. The molecule has 5 nitrogen and oxygen atoms in total. The standard InChI is InChI=1S/C24H24O5PS.ClH.Na/c1-4-29-24(25)30(20-11-7-5-8-12-20,21-13-9-6-10-14-21)22-16-15-19(18(2)3)17-23(22)31(26,27)28;;/h5-16,18H,4H2,1-3H3;1H;. The predicted octanol–water partition coefficient (Wildman–Crippen LogP) is 0.305. The molecule has 0 spiro atoms. The predicted molar refractivity (Wildman–Crippen MR) is 131 cm³/mol. The van der Waals surface area contributed by atoms with Crippen molar-refractivity contribution in [1.82, 2.24) is 0 Å². The monoisotopic (exact) mass is 514 g/mol. The van der Waals surface area contributed by atoms with Crippen LogP contribution >= 0.6 is 7.26 Å². The molecule has 0 unspecified atom stereocenters. The van der Waals surface area contributed by atoms with Crippen LogP contribution in [0.1, 0.15) is 32.3 Å². The van der Waals surface area contributed by atoms with Gasteiger partial charge in [-0.25, -0.2) is 0 Å². The zero-order chi connectivity index (χ0) is 23.5. The maximum Gasteiger partial charge on any atom is -1.00 e. The van der Waals surface area contributed by atoms with E-state index in [9.17, 15) is 17.8 Å². The first kappa shape index (κ1) is 28.0. The minimum Gasteiger partial charge on any atom is -1.00 e. The molecular formula is C24H25ClNaO5PS. The van der Waals surface area contributed by atoms with Gasteiger partial charge in [0, 0.05) is 0 Å². The summed E-state index contributed by atoms with van der Waals surface area (Å²) in [7, 11) is -7.86. The molecule has 170 valence electrons. The summed E-state index contributed by atoms with van der Waals surface area (Å²) in [5.74, 6) is 0.0702. The van der Waals surface area contributed by atoms with Crippen molar-refractivity contribution in [3.05, 3.63) is 78.4 Å². The third-order valence-corrected chi connectivity index (χ3v) is 12.0. The number of benzene rings is 3. The molecule has 9 heteroatoms. The summed E-state index contributed by atoms with van der Waals surface area (Å²) in [4.78, 5) is 13.7. The Balaban J connectivity index is 0.00000385. The fourth-order valence-electron chi connectivity index (χ4n) is 4.17. The molecule has 0 radical (unpaired) electrons. The second kappa shape index (κ2) is 11.5. The number of rotatable bonds is 7. The maximum absolute atomic E-state index is 13.8. The van der Waals surface area contributed by atoms with Crippen LogP contribution in [0.15, 0.2) is 77.7 Å². The van der Waals surface area contributed by atoms with E-state index in [1.165, 1.54) is 0 Å². The van der Waals surface area contributed by atoms with E-state index in [2.05, 4.69) is 0 Å². The molecule has 0 saturated heterocycles. The number of carbonyl (C=O) groups excluding carboxylic acids is 1. The molecule has 0 heterocycles. The molecule has 3 rings (SSSR count). The van der Waals surface area contributed by atoms with E-state index in [0.29, 0.717) is 46.7 Å². The van der Waals surface area contributed by atoms with Crippen molar-refractivity contribution in [3.8, 4) is 0 Å². The van der Waals surface area contributed by atoms with Gasteiger partial charge in [0.1, 0.15) is 0 Å². The fraction of sp³-hybridized carbons (Fsp3) is 0.208. The Labute approximate surface area is 219 Å². The van der Waals surface area contributed by atoms with Crippen molar-refractivity contribution in [2.75, 3.05) is 6.61 Å². The van der Waals surface area contributed by atoms with Crippen molar-refractivity contribution in [3.63, 3.8) is 0 Å². The van der Waals surface area contributed by atoms with Gasteiger partial charge >= 0.3 is 209 Å². The molecular weight excluding hydrogens is 490 g/mol. The van der Waals surface area contributed by atoms with Crippen LogP contribution in [0.25, 0.3) is 0 Å². The largest absolute Gasteiger partial charge is 1.00 e. The van der Waals surface area contributed by atoms with Gasteiger partial charge in [-0.2, -0.15) is 0 Å². The second-order valence-corrected chi connectivity index (χ2v) is 13.4. The molecule has 0 bridgehead atoms. The topological polar surface area (TPSA) is 80.7 Å². The van der Waals surface area contributed by atoms with E-state index in [1.54, 1.807) is 13.0 Å². The van der Waals surface area contributed by atoms with Gasteiger partial charge in [-0.15, -0.1) is 0 Å². The van der Waals surface area contributed by atoms with Crippen LogP contribution in [-0.4, -0.2) is 53.2 Å². The fourth-order valence-corrected chi connectivity index (χ4v) is 11.6. The Hall–Kier alpha value is -1.24. The molecule has 3 aromatic rings. The summed E-state index contributed by atoms with van der Waals surface area (Å²) in [6.45, 7) is 5.84. The van der Waals surface area contributed by atoms with E-state index in [0.717, 1.165) is 5.56 Å². The van der Waals surface area contributed by atoms with Crippen molar-refractivity contribution in [2.24, 2.45) is 0 Å². The van der Waals surface area contributed by atoms with Crippen molar-refractivity contribution < 1.29 is 34.9 Å². The van der Waals surface area contributed by atoms with E-state index in [1.807, 2.05) is 80.6 Å². The molecule has 3 aromatic carbocycles. The van der Waals surface area contributed by atoms with Crippen LogP contribution in [0.5, 0.6) is 0 Å². The van der Waals surface area contributed by atoms with E-state index in [-0.39, 0.29) is 29.8 Å². The molecule has 0 aliphatic carbocycles. The van der Waals surface area contributed by atoms with Gasteiger partial charge in [0.05, 0.1) is 0 Å². The van der Waals surface area contributed by atoms with Gasteiger partial charge in [-0.1, -0.05) is 0 Å². The summed E-state index contributed by atoms with van der Waals surface area (Å²) < 4.78 is 42.1. The molecule has 0 aliphatic heterocycles. The number of halogens is 1. The Bertz CT molecular complexity index is 1180. The number of hydrogen-bond acceptors (Lipinski definition) is 4. The maximum atomic E-state index is 13.8. The van der Waals surface area contributed by atoms with Gasteiger partial charge in [0.25, 0.3) is 0 Å². The van der Waals surface area contributed by atoms with Crippen LogP contribution in [0, 0.1) is 0 Å². The Morgan fingerprint density at radius 2 is 1.45 bits per heavy atom. The molecule has 0 aliphatic rings. The van der Waals surface area contributed by atoms with Crippen molar-refractivity contribution >= 4 is 69.7 Å². The molecule has 0 amide bonds. The smallest absolute Gasteiger partial charge is 1.00 e. The third kappa shape index (κ3) is 5.38. The molecule has 0 saturated carbocycles. The molecule has 0 fully saturated rings. The average molecular weight is 515 g/mol. The van der Waals surface area contributed by atoms with Crippen LogP contribution in [-0.2, 0) is 14.9 Å². The molecule has 0 aromatic heterocycles. The van der Waals surface area contributed by atoms with Crippen molar-refractivity contribution in [2.45, 2.75) is 31.6 Å². The normalized spacial score (nSPS) is 11.7. The van der Waals surface area contributed by atoms with Gasteiger partial charge in [-0.3, -0.25) is 0 Å². The van der Waals surface area contributed by atoms with Crippen LogP contribution in [0.3, 0.4) is 0 Å². The van der Waals surface area contributed by atoms with Crippen LogP contribution in [0.2, 0.25) is 0 Å². The van der Waals surface area contributed by atoms with Gasteiger partial charge in [-0.05, 0) is 0 Å². The van der Waals surface area contributed by atoms with Gasteiger partial charge in [0.2, 0.25) is 0 Å². The first-order chi connectivity index (χ1) is 15.2. The minimum absolute atomic E-state index is 0. The second-order valence-electron chi connectivity index (χ2n) is 7.80. The first-order valence-electron chi connectivity index (χ1n) is 10.4. The molecule has 33 heavy (non-hydrogen) atoms. The summed E-state index contributed by atoms with van der Waals surface area (Å²) in [5, 5.41) is 1.66. The summed E-state index contributed by atoms with van der Waals surface area (Å²) in [6.07, 6.45) is 0. The number of carbonyl (C=O) groups is 1. The summed E-state index contributed by atoms with van der Waals surface area (Å²) >= 11 is 0.388. The molecule has 1 N–H and O–H groups in total. The summed E-state index contributed by atoms with van der Waals surface area (Å²) in [5.41, 5.74) is 0.372. The number of ether oxygens (including phenoxy) is 1. The van der Waals surface area contributed by atoms with E-state index >= 15 is 0 Å². The van der Waals surface area contributed by atoms with Gasteiger partial charge in [0.15, 0.2) is 0 Å². The SMILES string of the molecule is CCOC(=O)[P+](c1ccccc1)(c1ccccc1)c1ccc(C(C)C)[c]([Na])c1S(=O)(=O)O.[Cl-]. The molecule has 0 atom stereocenters. The van der Waals surface area contributed by atoms with E-state index < -0.39 is 23.1 Å². The third-order valence-electron chi connectivity index (χ3n) is 5.50. The minimum atomic E-state index is -4.61. The van der Waals surface area contributed by atoms with Crippen molar-refractivity contribution in [1.29, 1.82) is 0 Å². The average Bonchev–Trinajstić information content (AvgIpc) is 2.75. The van der Waals surface area contributed by atoms with Crippen LogP contribution in [0.4, 0.5) is 4.79 Å². The van der Waals surface area contributed by atoms with Crippen LogP contribution < -0.4 is 31.1 Å². The zero-order valence-electron chi connectivity index (χ0n) is 19.0. The Morgan fingerprint density at radius 1 is 0.970 bits per heavy atom. The zero-order valence-corrected chi connectivity index (χ0v) is 23.5. The number of hydrogen-bond donors (Lipinski definition) is 1. The first-order valence-corrected chi connectivity index (χ1v) is 14.7. The summed E-state index contributed by atoms with van der Waals surface area (Å²) in [6, 6.07) is 21.9. The quantitative estimate of drug-likeness (QED) is 0.279. The van der Waals surface area contributed by atoms with E-state index in [4.69, 9.17) is 4.74 Å². The van der Waals surface area contributed by atoms with Gasteiger partial charge < -0.3 is 12.4 Å². The Morgan fingerprint density at radius 3 is 1.85 bits per heavy atom.